The number of hydrogen-bond donors (Lipinski definition) is 0. The Morgan fingerprint density at radius 1 is 1.25 bits per heavy atom. The predicted molar refractivity (Wildman–Crippen MR) is 34.5 cm³/mol. The topological polar surface area (TPSA) is 17.1 Å². The zero-order chi connectivity index (χ0) is 6.41. The van der Waals surface area contributed by atoms with E-state index in [0.717, 1.165) is 25.7 Å². The van der Waals surface area contributed by atoms with Crippen LogP contribution in [-0.2, 0) is 4.79 Å². The van der Waals surface area contributed by atoms with E-state index >= 15 is 0 Å². The highest BCUT2D eigenvalue weighted by Gasteiger charge is 2.07. The number of rotatable bonds is 0. The second-order valence-corrected chi connectivity index (χ2v) is 1.75. The summed E-state index contributed by atoms with van der Waals surface area (Å²) in [5, 5.41) is 0. The maximum atomic E-state index is 10.2. The fraction of sp³-hybridized carbons (Fsp3) is 0.714. The third-order valence-electron chi connectivity index (χ3n) is 1.16. The molecule has 1 saturated carbocycles. The minimum Gasteiger partial charge on any atom is -0.300 e. The Bertz CT molecular complexity index is 58.8. The first-order chi connectivity index (χ1) is 3.89. The van der Waals surface area contributed by atoms with Crippen LogP contribution in [-0.4, -0.2) is 5.78 Å². The van der Waals surface area contributed by atoms with Crippen LogP contribution in [0.25, 0.3) is 0 Å². The summed E-state index contributed by atoms with van der Waals surface area (Å²) >= 11 is 0. The fourth-order valence-corrected chi connectivity index (χ4v) is 0.769. The van der Waals surface area contributed by atoms with Crippen LogP contribution < -0.4 is 0 Å². The maximum Gasteiger partial charge on any atom is 0.132 e. The van der Waals surface area contributed by atoms with Crippen molar-refractivity contribution >= 4 is 5.78 Å². The molecule has 0 amide bonds. The molecule has 47 valence electrons. The average molecular weight is 113 g/mol. The smallest absolute Gasteiger partial charge is 0.132 e. The summed E-state index contributed by atoms with van der Waals surface area (Å²) in [6.45, 7) is 5.00. The monoisotopic (exact) mass is 113 g/mol. The first kappa shape index (κ1) is 7.67. The summed E-state index contributed by atoms with van der Waals surface area (Å²) in [5.41, 5.74) is 0. The van der Waals surface area contributed by atoms with Gasteiger partial charge in [0.1, 0.15) is 5.78 Å². The normalized spacial score (nSPS) is 17.5. The van der Waals surface area contributed by atoms with Gasteiger partial charge in [-0.2, -0.15) is 0 Å². The molecular weight excluding hydrogens is 100 g/mol. The van der Waals surface area contributed by atoms with Crippen LogP contribution in [0, 0.1) is 6.92 Å². The quantitative estimate of drug-likeness (QED) is 0.469. The number of carbonyl (C=O) groups excluding carboxylic acids is 1. The molecule has 0 saturated heterocycles. The van der Waals surface area contributed by atoms with Gasteiger partial charge in [0.25, 0.3) is 0 Å². The first-order valence-electron chi connectivity index (χ1n) is 3.12. The van der Waals surface area contributed by atoms with E-state index in [9.17, 15) is 4.79 Å². The molecule has 0 spiro atoms. The molecule has 1 radical (unpaired) electrons. The van der Waals surface area contributed by atoms with Crippen LogP contribution >= 0.6 is 0 Å². The van der Waals surface area contributed by atoms with Crippen molar-refractivity contribution in [1.82, 2.24) is 0 Å². The van der Waals surface area contributed by atoms with E-state index in [-0.39, 0.29) is 0 Å². The van der Waals surface area contributed by atoms with E-state index in [1.165, 1.54) is 0 Å². The van der Waals surface area contributed by atoms with Gasteiger partial charge in [0.05, 0.1) is 0 Å². The standard InChI is InChI=1S/C5H8O.C2H5/c6-5-3-1-2-4-5;1-2/h1-4H2;1H2,2H3. The van der Waals surface area contributed by atoms with Gasteiger partial charge in [0, 0.05) is 12.8 Å². The van der Waals surface area contributed by atoms with Gasteiger partial charge >= 0.3 is 0 Å². The van der Waals surface area contributed by atoms with Crippen molar-refractivity contribution in [2.75, 3.05) is 0 Å². The molecule has 0 N–H and O–H groups in total. The van der Waals surface area contributed by atoms with Gasteiger partial charge in [-0.05, 0) is 12.8 Å². The van der Waals surface area contributed by atoms with Crippen molar-refractivity contribution in [3.63, 3.8) is 0 Å². The molecule has 0 unspecified atom stereocenters. The molecule has 1 aliphatic carbocycles. The van der Waals surface area contributed by atoms with Crippen LogP contribution in [0.5, 0.6) is 0 Å². The summed E-state index contributed by atoms with van der Waals surface area (Å²) in [5.74, 6) is 0.454. The van der Waals surface area contributed by atoms with Crippen LogP contribution in [0.4, 0.5) is 0 Å². The van der Waals surface area contributed by atoms with Gasteiger partial charge in [0.15, 0.2) is 0 Å². The van der Waals surface area contributed by atoms with Crippen LogP contribution in [0.3, 0.4) is 0 Å². The molecule has 0 bridgehead atoms. The number of hydrogen-bond acceptors (Lipinski definition) is 1. The van der Waals surface area contributed by atoms with E-state index in [1.54, 1.807) is 6.92 Å². The summed E-state index contributed by atoms with van der Waals surface area (Å²) in [6.07, 6.45) is 3.97. The van der Waals surface area contributed by atoms with Gasteiger partial charge in [-0.1, -0.05) is 13.8 Å². The molecule has 8 heavy (non-hydrogen) atoms. The van der Waals surface area contributed by atoms with E-state index in [4.69, 9.17) is 0 Å². The second kappa shape index (κ2) is 4.82. The molecule has 0 aromatic carbocycles. The minimum absolute atomic E-state index is 0.454. The highest BCUT2D eigenvalue weighted by molar-refractivity contribution is 5.79. The Hall–Kier alpha value is -0.330. The van der Waals surface area contributed by atoms with Crippen molar-refractivity contribution in [3.8, 4) is 0 Å². The van der Waals surface area contributed by atoms with E-state index < -0.39 is 0 Å². The molecule has 1 fully saturated rings. The van der Waals surface area contributed by atoms with Crippen molar-refractivity contribution in [2.24, 2.45) is 0 Å². The minimum atomic E-state index is 0.454. The number of ketones is 1. The Labute approximate surface area is 51.1 Å². The second-order valence-electron chi connectivity index (χ2n) is 1.75. The zero-order valence-electron chi connectivity index (χ0n) is 5.44. The van der Waals surface area contributed by atoms with E-state index in [1.807, 2.05) is 0 Å². The molecule has 0 heterocycles. The molecule has 0 aliphatic heterocycles. The summed E-state index contributed by atoms with van der Waals surface area (Å²) in [4.78, 5) is 10.2. The summed E-state index contributed by atoms with van der Waals surface area (Å²) in [6, 6.07) is 0. The Kier molecular flexibility index (Phi) is 4.62. The third kappa shape index (κ3) is 2.78. The van der Waals surface area contributed by atoms with Gasteiger partial charge in [-0.25, -0.2) is 0 Å². The summed E-state index contributed by atoms with van der Waals surface area (Å²) < 4.78 is 0. The molecule has 0 aromatic rings. The number of Topliss-reactive ketones (excluding diaryl/α,β-unsaturated/α-hetero) is 1. The van der Waals surface area contributed by atoms with Gasteiger partial charge in [0.2, 0.25) is 0 Å². The number of carbonyl (C=O) groups is 1. The fourth-order valence-electron chi connectivity index (χ4n) is 0.769. The summed E-state index contributed by atoms with van der Waals surface area (Å²) in [7, 11) is 0. The van der Waals surface area contributed by atoms with Crippen LogP contribution in [0.2, 0.25) is 0 Å². The molecular formula is C7H13O. The van der Waals surface area contributed by atoms with Gasteiger partial charge in [-0.3, -0.25) is 4.79 Å². The van der Waals surface area contributed by atoms with Gasteiger partial charge < -0.3 is 0 Å². The lowest BCUT2D eigenvalue weighted by Gasteiger charge is -1.71. The lowest BCUT2D eigenvalue weighted by Crippen LogP contribution is -1.81. The molecule has 1 rings (SSSR count). The predicted octanol–water partition coefficient (Wildman–Crippen LogP) is 1.97. The Morgan fingerprint density at radius 3 is 1.75 bits per heavy atom. The maximum absolute atomic E-state index is 10.2. The largest absolute Gasteiger partial charge is 0.300 e. The third-order valence-corrected chi connectivity index (χ3v) is 1.16. The van der Waals surface area contributed by atoms with Crippen molar-refractivity contribution in [2.45, 2.75) is 32.6 Å². The van der Waals surface area contributed by atoms with E-state index in [0.29, 0.717) is 5.78 Å². The highest BCUT2D eigenvalue weighted by Crippen LogP contribution is 2.11. The van der Waals surface area contributed by atoms with E-state index in [2.05, 4.69) is 6.92 Å². The lowest BCUT2D eigenvalue weighted by atomic mass is 10.4. The molecule has 0 atom stereocenters. The molecule has 1 heteroatoms. The SMILES string of the molecule is O=C1CCCC1.[CH2]C. The van der Waals surface area contributed by atoms with Crippen molar-refractivity contribution < 1.29 is 4.79 Å². The first-order valence-corrected chi connectivity index (χ1v) is 3.12. The zero-order valence-corrected chi connectivity index (χ0v) is 5.44. The molecule has 1 nitrogen and oxygen atoms in total. The van der Waals surface area contributed by atoms with Crippen molar-refractivity contribution in [1.29, 1.82) is 0 Å². The van der Waals surface area contributed by atoms with Gasteiger partial charge in [-0.15, -0.1) is 0 Å². The van der Waals surface area contributed by atoms with Crippen molar-refractivity contribution in [3.05, 3.63) is 6.92 Å². The van der Waals surface area contributed by atoms with Crippen LogP contribution in [0.15, 0.2) is 0 Å². The molecule has 1 aliphatic rings. The Balaban J connectivity index is 0.000000222. The molecule has 0 aromatic heterocycles. The average Bonchev–Trinajstić information content (AvgIpc) is 2.24. The highest BCUT2D eigenvalue weighted by atomic mass is 16.1. The lowest BCUT2D eigenvalue weighted by molar-refractivity contribution is -0.117. The van der Waals surface area contributed by atoms with Crippen LogP contribution in [0.1, 0.15) is 32.6 Å². The Morgan fingerprint density at radius 2 is 1.62 bits per heavy atom.